The second-order valence-corrected chi connectivity index (χ2v) is 6.90. The molecule has 3 rings (SSSR count). The number of aryl methyl sites for hydroxylation is 1. The van der Waals surface area contributed by atoms with E-state index in [0.29, 0.717) is 23.2 Å². The van der Waals surface area contributed by atoms with Crippen LogP contribution in [0.15, 0.2) is 42.5 Å². The summed E-state index contributed by atoms with van der Waals surface area (Å²) in [7, 11) is 0. The minimum atomic E-state index is -1.11. The minimum Gasteiger partial charge on any atom is -0.478 e. The number of para-hydroxylation sites is 1. The second-order valence-electron chi connectivity index (χ2n) is 6.90. The Kier molecular flexibility index (Phi) is 5.45. The zero-order chi connectivity index (χ0) is 20.4. The van der Waals surface area contributed by atoms with Gasteiger partial charge in [0.1, 0.15) is 0 Å². The van der Waals surface area contributed by atoms with Crippen LogP contribution in [-0.4, -0.2) is 22.9 Å². The number of carboxylic acids is 1. The summed E-state index contributed by atoms with van der Waals surface area (Å²) >= 11 is 0. The van der Waals surface area contributed by atoms with E-state index >= 15 is 0 Å². The smallest absolute Gasteiger partial charge is 0.328 e. The van der Waals surface area contributed by atoms with Crippen molar-refractivity contribution < 1.29 is 19.5 Å². The van der Waals surface area contributed by atoms with E-state index in [2.05, 4.69) is 13.8 Å². The lowest BCUT2D eigenvalue weighted by atomic mass is 9.92. The molecule has 1 aliphatic heterocycles. The van der Waals surface area contributed by atoms with Crippen LogP contribution in [0.5, 0.6) is 0 Å². The van der Waals surface area contributed by atoms with Crippen LogP contribution in [0.25, 0.3) is 6.08 Å². The van der Waals surface area contributed by atoms with Crippen molar-refractivity contribution in [3.8, 4) is 0 Å². The van der Waals surface area contributed by atoms with Gasteiger partial charge >= 0.3 is 5.97 Å². The molecule has 1 heterocycles. The fraction of sp³-hybridized carbons (Fsp3) is 0.261. The van der Waals surface area contributed by atoms with E-state index in [4.69, 9.17) is 5.11 Å². The van der Waals surface area contributed by atoms with Gasteiger partial charge in [-0.2, -0.15) is 0 Å². The van der Waals surface area contributed by atoms with Crippen LogP contribution in [0.3, 0.4) is 0 Å². The Morgan fingerprint density at radius 1 is 1.11 bits per heavy atom. The largest absolute Gasteiger partial charge is 0.478 e. The number of benzene rings is 2. The summed E-state index contributed by atoms with van der Waals surface area (Å²) in [6, 6.07) is 10.8. The number of carbonyl (C=O) groups is 3. The van der Waals surface area contributed by atoms with Crippen molar-refractivity contribution in [2.24, 2.45) is 0 Å². The Morgan fingerprint density at radius 3 is 2.46 bits per heavy atom. The van der Waals surface area contributed by atoms with E-state index in [9.17, 15) is 14.4 Å². The Hall–Kier alpha value is -3.21. The van der Waals surface area contributed by atoms with Gasteiger partial charge in [-0.3, -0.25) is 9.59 Å². The maximum Gasteiger partial charge on any atom is 0.328 e. The molecule has 0 saturated carbocycles. The molecule has 28 heavy (non-hydrogen) atoms. The highest BCUT2D eigenvalue weighted by atomic mass is 16.4. The lowest BCUT2D eigenvalue weighted by molar-refractivity contribution is -0.131. The van der Waals surface area contributed by atoms with Crippen LogP contribution in [0.4, 0.5) is 5.69 Å². The normalized spacial score (nSPS) is 14.6. The quantitative estimate of drug-likeness (QED) is 0.587. The van der Waals surface area contributed by atoms with Crippen LogP contribution in [-0.2, 0) is 11.2 Å². The molecular formula is C23H23NO4. The van der Waals surface area contributed by atoms with Gasteiger partial charge in [0, 0.05) is 6.08 Å². The number of carbonyl (C=O) groups excluding carboxylic acids is 2. The average molecular weight is 377 g/mol. The molecule has 0 aliphatic carbocycles. The van der Waals surface area contributed by atoms with E-state index in [0.717, 1.165) is 23.6 Å². The molecule has 2 aromatic carbocycles. The Bertz CT molecular complexity index is 990. The van der Waals surface area contributed by atoms with Gasteiger partial charge in [-0.05, 0) is 47.6 Å². The van der Waals surface area contributed by atoms with Crippen LogP contribution >= 0.6 is 0 Å². The molecule has 0 aromatic heterocycles. The number of imide groups is 1. The van der Waals surface area contributed by atoms with E-state index in [-0.39, 0.29) is 17.4 Å². The van der Waals surface area contributed by atoms with Crippen molar-refractivity contribution in [1.29, 1.82) is 0 Å². The molecule has 5 heteroatoms. The molecule has 1 N–H and O–H groups in total. The van der Waals surface area contributed by atoms with E-state index in [1.165, 1.54) is 11.0 Å². The number of rotatable bonds is 6. The molecule has 0 spiro atoms. The van der Waals surface area contributed by atoms with Gasteiger partial charge in [0.05, 0.1) is 16.8 Å². The third-order valence-corrected chi connectivity index (χ3v) is 5.25. The lowest BCUT2D eigenvalue weighted by Crippen LogP contribution is -2.31. The highest BCUT2D eigenvalue weighted by Gasteiger charge is 2.40. The van der Waals surface area contributed by atoms with E-state index in [1.54, 1.807) is 18.2 Å². The Balaban J connectivity index is 2.19. The molecule has 0 bridgehead atoms. The highest BCUT2D eigenvalue weighted by molar-refractivity contribution is 6.35. The first kappa shape index (κ1) is 19.5. The van der Waals surface area contributed by atoms with Crippen molar-refractivity contribution in [3.05, 3.63) is 70.3 Å². The number of nitrogens with zero attached hydrogens (tertiary/aromatic N) is 1. The van der Waals surface area contributed by atoms with Crippen LogP contribution in [0, 0.1) is 0 Å². The number of aliphatic carboxylic acids is 1. The molecule has 5 nitrogen and oxygen atoms in total. The van der Waals surface area contributed by atoms with Crippen LogP contribution < -0.4 is 4.90 Å². The lowest BCUT2D eigenvalue weighted by Gasteiger charge is -2.24. The number of carboxylic acid groups (broad SMARTS) is 1. The van der Waals surface area contributed by atoms with Gasteiger partial charge in [0.25, 0.3) is 11.8 Å². The summed E-state index contributed by atoms with van der Waals surface area (Å²) in [5.74, 6) is -1.69. The fourth-order valence-electron chi connectivity index (χ4n) is 3.60. The monoisotopic (exact) mass is 377 g/mol. The summed E-state index contributed by atoms with van der Waals surface area (Å²) in [6.07, 6.45) is 3.91. The van der Waals surface area contributed by atoms with Gasteiger partial charge < -0.3 is 5.11 Å². The first-order valence-electron chi connectivity index (χ1n) is 9.45. The SMILES string of the molecule is CCc1cccc(C(C)CC)c1N1C(=O)c2cccc(/C=C/C(=O)O)c2C1=O. The van der Waals surface area contributed by atoms with Crippen molar-refractivity contribution >= 4 is 29.5 Å². The number of amides is 2. The number of anilines is 1. The first-order chi connectivity index (χ1) is 13.4. The molecule has 2 amide bonds. The Labute approximate surface area is 164 Å². The minimum absolute atomic E-state index is 0.192. The number of hydrogen-bond donors (Lipinski definition) is 1. The van der Waals surface area contributed by atoms with Crippen molar-refractivity contribution in [3.63, 3.8) is 0 Å². The maximum absolute atomic E-state index is 13.3. The summed E-state index contributed by atoms with van der Waals surface area (Å²) in [5.41, 5.74) is 3.57. The molecule has 1 aliphatic rings. The molecule has 2 aromatic rings. The summed E-state index contributed by atoms with van der Waals surface area (Å²) in [6.45, 7) is 6.15. The molecular weight excluding hydrogens is 354 g/mol. The molecule has 1 atom stereocenters. The number of hydrogen-bond acceptors (Lipinski definition) is 3. The molecule has 1 unspecified atom stereocenters. The van der Waals surface area contributed by atoms with Crippen molar-refractivity contribution in [2.75, 3.05) is 4.90 Å². The van der Waals surface area contributed by atoms with Gasteiger partial charge in [-0.15, -0.1) is 0 Å². The predicted molar refractivity (Wildman–Crippen MR) is 109 cm³/mol. The Morgan fingerprint density at radius 2 is 1.82 bits per heavy atom. The van der Waals surface area contributed by atoms with Crippen LogP contribution in [0.2, 0.25) is 0 Å². The van der Waals surface area contributed by atoms with Crippen molar-refractivity contribution in [1.82, 2.24) is 0 Å². The zero-order valence-corrected chi connectivity index (χ0v) is 16.2. The maximum atomic E-state index is 13.3. The summed E-state index contributed by atoms with van der Waals surface area (Å²) in [5, 5.41) is 8.92. The van der Waals surface area contributed by atoms with Gasteiger partial charge in [-0.25, -0.2) is 9.69 Å². The summed E-state index contributed by atoms with van der Waals surface area (Å²) < 4.78 is 0. The molecule has 0 saturated heterocycles. The molecule has 0 radical (unpaired) electrons. The topological polar surface area (TPSA) is 74.7 Å². The standard InChI is InChI=1S/C23H23NO4/c1-4-14(3)17-10-6-8-15(5-2)21(17)24-22(27)18-11-7-9-16(12-13-19(25)26)20(18)23(24)28/h6-14H,4-5H2,1-3H3,(H,25,26)/b13-12+. The van der Waals surface area contributed by atoms with Gasteiger partial charge in [0.15, 0.2) is 0 Å². The van der Waals surface area contributed by atoms with Gasteiger partial charge in [-0.1, -0.05) is 51.1 Å². The van der Waals surface area contributed by atoms with E-state index in [1.807, 2.05) is 25.1 Å². The third kappa shape index (κ3) is 3.24. The zero-order valence-electron chi connectivity index (χ0n) is 16.2. The first-order valence-corrected chi connectivity index (χ1v) is 9.45. The van der Waals surface area contributed by atoms with E-state index < -0.39 is 11.9 Å². The highest BCUT2D eigenvalue weighted by Crippen LogP contribution is 2.38. The fourth-order valence-corrected chi connectivity index (χ4v) is 3.60. The third-order valence-electron chi connectivity index (χ3n) is 5.25. The van der Waals surface area contributed by atoms with Crippen molar-refractivity contribution in [2.45, 2.75) is 39.5 Å². The second kappa shape index (κ2) is 7.80. The van der Waals surface area contributed by atoms with Gasteiger partial charge in [0.2, 0.25) is 0 Å². The average Bonchev–Trinajstić information content (AvgIpc) is 2.95. The number of fused-ring (bicyclic) bond motifs is 1. The summed E-state index contributed by atoms with van der Waals surface area (Å²) in [4.78, 5) is 38.7. The predicted octanol–water partition coefficient (Wildman–Crippen LogP) is 4.66. The molecule has 0 fully saturated rings. The van der Waals surface area contributed by atoms with Crippen LogP contribution in [0.1, 0.15) is 70.5 Å². The molecule has 144 valence electrons.